The highest BCUT2D eigenvalue weighted by Crippen LogP contribution is 2.30. The number of carboxylic acids is 1. The first-order valence-electron chi connectivity index (χ1n) is 7.02. The second-order valence-electron chi connectivity index (χ2n) is 5.34. The molecule has 0 saturated carbocycles. The predicted octanol–water partition coefficient (Wildman–Crippen LogP) is 2.66. The van der Waals surface area contributed by atoms with Gasteiger partial charge >= 0.3 is 12.1 Å². The summed E-state index contributed by atoms with van der Waals surface area (Å²) in [6, 6.07) is 0. The Hall–Kier alpha value is -2.69. The predicted molar refractivity (Wildman–Crippen MR) is 81.5 cm³/mol. The molecule has 3 aromatic rings. The summed E-state index contributed by atoms with van der Waals surface area (Å²) < 4.78 is 41.2. The third-order valence-corrected chi connectivity index (χ3v) is 4.13. The van der Waals surface area contributed by atoms with Gasteiger partial charge in [-0.3, -0.25) is 9.36 Å². The van der Waals surface area contributed by atoms with Gasteiger partial charge in [0.25, 0.3) is 0 Å². The van der Waals surface area contributed by atoms with Gasteiger partial charge in [0.15, 0.2) is 5.69 Å². The van der Waals surface area contributed by atoms with Crippen LogP contribution >= 0.6 is 11.3 Å². The maximum Gasteiger partial charge on any atom is 0.436 e. The van der Waals surface area contributed by atoms with Gasteiger partial charge in [-0.25, -0.2) is 9.78 Å². The van der Waals surface area contributed by atoms with Crippen LogP contribution in [0.4, 0.5) is 13.2 Å². The van der Waals surface area contributed by atoms with E-state index in [2.05, 4.69) is 15.2 Å². The summed E-state index contributed by atoms with van der Waals surface area (Å²) in [5, 5.41) is 18.8. The number of hydrogen-bond acceptors (Lipinski definition) is 5. The van der Waals surface area contributed by atoms with E-state index in [0.717, 1.165) is 21.4 Å². The third kappa shape index (κ3) is 3.87. The van der Waals surface area contributed by atoms with Crippen molar-refractivity contribution in [3.63, 3.8) is 0 Å². The number of nitrogens with zero attached hydrogens (tertiary/aromatic N) is 5. The first-order chi connectivity index (χ1) is 11.7. The fourth-order valence-electron chi connectivity index (χ4n) is 2.22. The van der Waals surface area contributed by atoms with Gasteiger partial charge < -0.3 is 5.11 Å². The number of aromatic nitrogens is 5. The number of thiazole rings is 1. The first kappa shape index (κ1) is 17.1. The number of rotatable bonds is 5. The molecule has 0 bridgehead atoms. The van der Waals surface area contributed by atoms with Crippen molar-refractivity contribution < 1.29 is 23.1 Å². The molecule has 25 heavy (non-hydrogen) atoms. The van der Waals surface area contributed by atoms with Gasteiger partial charge in [-0.1, -0.05) is 0 Å². The van der Waals surface area contributed by atoms with Gasteiger partial charge in [0, 0.05) is 17.8 Å². The molecule has 3 heterocycles. The van der Waals surface area contributed by atoms with E-state index >= 15 is 0 Å². The molecule has 3 aromatic heterocycles. The average Bonchev–Trinajstić information content (AvgIpc) is 3.20. The van der Waals surface area contributed by atoms with E-state index in [1.54, 1.807) is 16.3 Å². The number of halogens is 3. The molecule has 0 aromatic carbocycles. The van der Waals surface area contributed by atoms with Crippen LogP contribution in [0.5, 0.6) is 0 Å². The van der Waals surface area contributed by atoms with Crippen LogP contribution in [0.25, 0.3) is 0 Å². The zero-order chi connectivity index (χ0) is 18.2. The molecule has 0 aliphatic rings. The Morgan fingerprint density at radius 1 is 1.28 bits per heavy atom. The maximum absolute atomic E-state index is 12.8. The second-order valence-corrected chi connectivity index (χ2v) is 6.28. The minimum Gasteiger partial charge on any atom is -0.478 e. The standard InChI is InChI=1S/C14H12F3N5O2S/c1-8-2-18-21(3-8)6-11-19-9(7-25-11)4-22-5-10(13(23)24)12(20-22)14(15,16)17/h2-3,5,7H,4,6H2,1H3,(H,23,24). The summed E-state index contributed by atoms with van der Waals surface area (Å²) in [5.74, 6) is -1.67. The molecule has 0 radical (unpaired) electrons. The van der Waals surface area contributed by atoms with E-state index in [-0.39, 0.29) is 6.54 Å². The summed E-state index contributed by atoms with van der Waals surface area (Å²) in [5.41, 5.74) is -0.788. The molecular formula is C14H12F3N5O2S. The molecule has 0 amide bonds. The van der Waals surface area contributed by atoms with E-state index in [1.807, 2.05) is 13.1 Å². The van der Waals surface area contributed by atoms with Crippen LogP contribution < -0.4 is 0 Å². The Balaban J connectivity index is 1.78. The lowest BCUT2D eigenvalue weighted by molar-refractivity contribution is -0.142. The van der Waals surface area contributed by atoms with Crippen molar-refractivity contribution in [2.75, 3.05) is 0 Å². The van der Waals surface area contributed by atoms with Crippen molar-refractivity contribution in [1.29, 1.82) is 0 Å². The normalized spacial score (nSPS) is 11.8. The Morgan fingerprint density at radius 2 is 2.04 bits per heavy atom. The number of alkyl halides is 3. The molecule has 0 aliphatic heterocycles. The van der Waals surface area contributed by atoms with Crippen LogP contribution in [0.2, 0.25) is 0 Å². The highest BCUT2D eigenvalue weighted by Gasteiger charge is 2.39. The molecule has 0 unspecified atom stereocenters. The Kier molecular flexibility index (Phi) is 4.33. The lowest BCUT2D eigenvalue weighted by Gasteiger charge is -2.02. The van der Waals surface area contributed by atoms with Gasteiger partial charge in [0.1, 0.15) is 10.6 Å². The monoisotopic (exact) mass is 371 g/mol. The fourth-order valence-corrected chi connectivity index (χ4v) is 3.00. The van der Waals surface area contributed by atoms with Crippen LogP contribution in [-0.2, 0) is 19.3 Å². The molecule has 0 saturated heterocycles. The fraction of sp³-hybridized carbons (Fsp3) is 0.286. The first-order valence-corrected chi connectivity index (χ1v) is 7.90. The Labute approximate surface area is 143 Å². The lowest BCUT2D eigenvalue weighted by atomic mass is 10.2. The van der Waals surface area contributed by atoms with Crippen molar-refractivity contribution in [2.45, 2.75) is 26.2 Å². The Morgan fingerprint density at radius 3 is 2.60 bits per heavy atom. The van der Waals surface area contributed by atoms with Gasteiger partial charge in [-0.15, -0.1) is 11.3 Å². The smallest absolute Gasteiger partial charge is 0.436 e. The quantitative estimate of drug-likeness (QED) is 0.745. The SMILES string of the molecule is Cc1cnn(Cc2nc(Cn3cc(C(=O)O)c(C(F)(F)F)n3)cs2)c1. The second kappa shape index (κ2) is 6.31. The van der Waals surface area contributed by atoms with Crippen LogP contribution in [-0.4, -0.2) is 35.6 Å². The third-order valence-electron chi connectivity index (χ3n) is 3.24. The molecular weight excluding hydrogens is 359 g/mol. The topological polar surface area (TPSA) is 85.8 Å². The summed E-state index contributed by atoms with van der Waals surface area (Å²) >= 11 is 1.34. The van der Waals surface area contributed by atoms with E-state index in [9.17, 15) is 18.0 Å². The molecule has 0 atom stereocenters. The summed E-state index contributed by atoms with van der Waals surface area (Å²) in [6.45, 7) is 2.31. The highest BCUT2D eigenvalue weighted by atomic mass is 32.1. The van der Waals surface area contributed by atoms with Crippen LogP contribution in [0, 0.1) is 6.92 Å². The van der Waals surface area contributed by atoms with Crippen molar-refractivity contribution in [3.05, 3.63) is 51.5 Å². The van der Waals surface area contributed by atoms with Crippen molar-refractivity contribution in [3.8, 4) is 0 Å². The largest absolute Gasteiger partial charge is 0.478 e. The van der Waals surface area contributed by atoms with E-state index in [1.165, 1.54) is 11.3 Å². The van der Waals surface area contributed by atoms with Crippen molar-refractivity contribution in [2.24, 2.45) is 0 Å². The maximum atomic E-state index is 12.8. The lowest BCUT2D eigenvalue weighted by Crippen LogP contribution is -2.12. The van der Waals surface area contributed by atoms with E-state index < -0.39 is 23.4 Å². The van der Waals surface area contributed by atoms with Crippen LogP contribution in [0.1, 0.15) is 32.3 Å². The minimum atomic E-state index is -4.83. The summed E-state index contributed by atoms with van der Waals surface area (Å²) in [7, 11) is 0. The molecule has 7 nitrogen and oxygen atoms in total. The molecule has 11 heteroatoms. The van der Waals surface area contributed by atoms with Gasteiger partial charge in [0.05, 0.1) is 25.0 Å². The number of aryl methyl sites for hydroxylation is 1. The van der Waals surface area contributed by atoms with Crippen LogP contribution in [0.3, 0.4) is 0 Å². The number of aromatic carboxylic acids is 1. The van der Waals surface area contributed by atoms with Gasteiger partial charge in [0.2, 0.25) is 0 Å². The van der Waals surface area contributed by atoms with Crippen molar-refractivity contribution >= 4 is 17.3 Å². The molecule has 0 aliphatic carbocycles. The Bertz CT molecular complexity index is 912. The van der Waals surface area contributed by atoms with Gasteiger partial charge in [-0.05, 0) is 12.5 Å². The average molecular weight is 371 g/mol. The van der Waals surface area contributed by atoms with E-state index in [0.29, 0.717) is 12.2 Å². The molecule has 3 rings (SSSR count). The molecule has 132 valence electrons. The zero-order valence-electron chi connectivity index (χ0n) is 12.9. The van der Waals surface area contributed by atoms with E-state index in [4.69, 9.17) is 5.11 Å². The minimum absolute atomic E-state index is 0.0506. The summed E-state index contributed by atoms with van der Waals surface area (Å²) in [4.78, 5) is 15.3. The number of carbonyl (C=O) groups is 1. The number of carboxylic acid groups (broad SMARTS) is 1. The molecule has 0 spiro atoms. The molecule has 1 N–H and O–H groups in total. The van der Waals surface area contributed by atoms with Crippen LogP contribution in [0.15, 0.2) is 24.0 Å². The van der Waals surface area contributed by atoms with Gasteiger partial charge in [-0.2, -0.15) is 23.4 Å². The summed E-state index contributed by atoms with van der Waals surface area (Å²) in [6.07, 6.45) is -0.404. The van der Waals surface area contributed by atoms with Crippen molar-refractivity contribution in [1.82, 2.24) is 24.5 Å². The zero-order valence-corrected chi connectivity index (χ0v) is 13.7. The number of hydrogen-bond donors (Lipinski definition) is 1. The highest BCUT2D eigenvalue weighted by molar-refractivity contribution is 7.09. The molecule has 0 fully saturated rings.